The summed E-state index contributed by atoms with van der Waals surface area (Å²) in [4.78, 5) is 24.0. The first-order chi connectivity index (χ1) is 37.5. The highest BCUT2D eigenvalue weighted by Crippen LogP contribution is 2.43. The van der Waals surface area contributed by atoms with Crippen LogP contribution in [-0.2, 0) is 19.7 Å². The van der Waals surface area contributed by atoms with E-state index in [2.05, 4.69) is 55.4 Å². The lowest BCUT2D eigenvalue weighted by atomic mass is 9.68. The average molecular weight is 1130 g/mol. The molecule has 0 aromatic heterocycles. The van der Waals surface area contributed by atoms with Gasteiger partial charge in [0.15, 0.2) is 0 Å². The number of quaternary nitrogens is 2. The number of carboxylic acid groups (broad SMARTS) is 2. The van der Waals surface area contributed by atoms with Gasteiger partial charge in [-0.3, -0.25) is 4.55 Å². The molecule has 0 radical (unpaired) electrons. The van der Waals surface area contributed by atoms with Crippen LogP contribution in [0.3, 0.4) is 0 Å². The fraction of sp³-hybridized carbons (Fsp3) is 0.971. The van der Waals surface area contributed by atoms with Crippen molar-refractivity contribution in [2.45, 2.75) is 358 Å². The van der Waals surface area contributed by atoms with Gasteiger partial charge in [0.1, 0.15) is 5.25 Å². The molecule has 0 aliphatic rings. The van der Waals surface area contributed by atoms with E-state index in [1.807, 2.05) is 27.7 Å². The van der Waals surface area contributed by atoms with Crippen molar-refractivity contribution in [1.29, 1.82) is 0 Å². The summed E-state index contributed by atoms with van der Waals surface area (Å²) in [6.45, 7) is 38.1. The van der Waals surface area contributed by atoms with Gasteiger partial charge in [-0.25, -0.2) is 0 Å². The molecule has 0 saturated heterocycles. The normalized spacial score (nSPS) is 14.0. The van der Waals surface area contributed by atoms with E-state index in [0.29, 0.717) is 25.7 Å². The van der Waals surface area contributed by atoms with Crippen molar-refractivity contribution in [3.05, 3.63) is 0 Å². The van der Waals surface area contributed by atoms with Gasteiger partial charge in [-0.1, -0.05) is 237 Å². The van der Waals surface area contributed by atoms with Crippen molar-refractivity contribution >= 4 is 22.1 Å². The molecule has 0 bridgehead atoms. The molecule has 0 aromatic carbocycles. The molecule has 0 saturated carbocycles. The minimum absolute atomic E-state index is 0.174. The summed E-state index contributed by atoms with van der Waals surface area (Å²) in [6, 6.07) is 0. The Kier molecular flexibility index (Phi) is 57.1. The van der Waals surface area contributed by atoms with Gasteiger partial charge >= 0.3 is 0 Å². The number of carboxylic acids is 2. The minimum atomic E-state index is -5.20. The third kappa shape index (κ3) is 41.7. The first-order valence-corrected chi connectivity index (χ1v) is 36.1. The molecule has 3 atom stereocenters. The molecule has 0 aliphatic heterocycles. The molecular weight excluding hydrogens is 989 g/mol. The van der Waals surface area contributed by atoms with E-state index >= 15 is 0 Å². The van der Waals surface area contributed by atoms with Gasteiger partial charge in [-0.15, -0.1) is 0 Å². The Morgan fingerprint density at radius 3 is 0.705 bits per heavy atom. The highest BCUT2D eigenvalue weighted by Gasteiger charge is 2.50. The molecule has 10 heteroatoms. The maximum Gasteiger partial charge on any atom is 0.274 e. The summed E-state index contributed by atoms with van der Waals surface area (Å²) in [5.41, 5.74) is -2.23. The summed E-state index contributed by atoms with van der Waals surface area (Å²) in [5, 5.41) is 21.5. The second-order valence-corrected chi connectivity index (χ2v) is 26.4. The van der Waals surface area contributed by atoms with E-state index in [1.165, 1.54) is 267 Å². The fourth-order valence-electron chi connectivity index (χ4n) is 12.5. The number of carbonyl (C=O) groups excluding carboxylic acids is 2. The lowest BCUT2D eigenvalue weighted by molar-refractivity contribution is -0.929. The minimum Gasteiger partial charge on any atom is -0.549 e. The third-order valence-electron chi connectivity index (χ3n) is 17.7. The quantitative estimate of drug-likeness (QED) is 0.0364. The monoisotopic (exact) mass is 1130 g/mol. The summed E-state index contributed by atoms with van der Waals surface area (Å²) in [7, 11) is -5.20. The maximum atomic E-state index is 12.3. The second kappa shape index (κ2) is 55.0. The Morgan fingerprint density at radius 1 is 0.359 bits per heavy atom. The van der Waals surface area contributed by atoms with E-state index in [4.69, 9.17) is 0 Å². The number of carbonyl (C=O) groups is 2. The molecular formula is C68H140N2O7S. The van der Waals surface area contributed by atoms with Crippen molar-refractivity contribution in [1.82, 2.24) is 0 Å². The van der Waals surface area contributed by atoms with Crippen LogP contribution in [0.15, 0.2) is 0 Å². The lowest BCUT2D eigenvalue weighted by Gasteiger charge is -2.44. The number of rotatable bonds is 56. The van der Waals surface area contributed by atoms with Crippen LogP contribution in [0.25, 0.3) is 0 Å². The molecule has 0 amide bonds. The molecule has 9 nitrogen and oxygen atoms in total. The van der Waals surface area contributed by atoms with Crippen molar-refractivity contribution in [2.24, 2.45) is 17.3 Å². The van der Waals surface area contributed by atoms with Gasteiger partial charge < -0.3 is 28.8 Å². The SMILES string of the molecule is CCCCC(CC)CC(CC(CC)CCCC)(C(=O)[O-])C(C(=O)[O-])S(=O)(=O)O.CCCCCC[N+](CCCCCC)(CCCCCC)CCCCCC.CCCCCC[N+](CCCCCC)(CCCCCC)CCCCCC. The van der Waals surface area contributed by atoms with Crippen molar-refractivity contribution in [3.8, 4) is 0 Å². The Bertz CT molecular complexity index is 1230. The van der Waals surface area contributed by atoms with Crippen molar-refractivity contribution in [3.63, 3.8) is 0 Å². The summed E-state index contributed by atoms with van der Waals surface area (Å²) >= 11 is 0. The van der Waals surface area contributed by atoms with Crippen LogP contribution in [0.1, 0.15) is 353 Å². The number of hydrogen-bond donors (Lipinski definition) is 1. The van der Waals surface area contributed by atoms with E-state index in [1.54, 1.807) is 0 Å². The summed E-state index contributed by atoms with van der Waals surface area (Å²) in [5.74, 6) is -4.22. The van der Waals surface area contributed by atoms with Crippen LogP contribution < -0.4 is 10.2 Å². The van der Waals surface area contributed by atoms with Crippen LogP contribution in [0, 0.1) is 17.3 Å². The van der Waals surface area contributed by atoms with Gasteiger partial charge in [-0.2, -0.15) is 8.42 Å². The van der Waals surface area contributed by atoms with Crippen molar-refractivity contribution in [2.75, 3.05) is 52.4 Å². The van der Waals surface area contributed by atoms with E-state index in [-0.39, 0.29) is 24.7 Å². The Hall–Kier alpha value is -1.23. The van der Waals surface area contributed by atoms with Gasteiger partial charge in [0.25, 0.3) is 10.1 Å². The summed E-state index contributed by atoms with van der Waals surface area (Å²) in [6.07, 6.45) is 51.2. The van der Waals surface area contributed by atoms with E-state index in [0.717, 1.165) is 25.7 Å². The topological polar surface area (TPSA) is 135 Å². The standard InChI is InChI=1S/2C24H52N.C20H38O7S/c2*1-5-9-13-17-21-25(22-18-14-10-6-2,23-19-15-11-7-3)24-20-16-12-8-4;1-5-9-11-15(7-3)13-20(19(23)24,14-16(8-4)12-10-6-2)17(18(21)22)28(25,26)27/h2*5-24H2,1-4H3;15-17H,5-14H2,1-4H3,(H,21,22)(H,23,24)(H,25,26,27)/q2*+1;/p-2. The Labute approximate surface area is 489 Å². The number of hydrogen-bond acceptors (Lipinski definition) is 6. The lowest BCUT2D eigenvalue weighted by Crippen LogP contribution is -2.60. The molecule has 470 valence electrons. The predicted octanol–water partition coefficient (Wildman–Crippen LogP) is 18.2. The molecule has 0 fully saturated rings. The van der Waals surface area contributed by atoms with Crippen LogP contribution >= 0.6 is 0 Å². The number of unbranched alkanes of at least 4 members (excludes halogenated alkanes) is 26. The first-order valence-electron chi connectivity index (χ1n) is 34.6. The van der Waals surface area contributed by atoms with E-state index < -0.39 is 32.7 Å². The van der Waals surface area contributed by atoms with Crippen LogP contribution in [-0.4, -0.2) is 91.5 Å². The molecule has 0 aromatic rings. The number of nitrogens with zero attached hydrogens (tertiary/aromatic N) is 2. The zero-order chi connectivity index (χ0) is 59.2. The number of aliphatic carboxylic acids is 2. The van der Waals surface area contributed by atoms with Gasteiger partial charge in [0.05, 0.1) is 58.3 Å². The van der Waals surface area contributed by atoms with Crippen LogP contribution in [0.5, 0.6) is 0 Å². The predicted molar refractivity (Wildman–Crippen MR) is 336 cm³/mol. The average Bonchev–Trinajstić information content (AvgIpc) is 3.41. The third-order valence-corrected chi connectivity index (χ3v) is 18.9. The molecule has 0 heterocycles. The zero-order valence-corrected chi connectivity index (χ0v) is 55.6. The van der Waals surface area contributed by atoms with Crippen LogP contribution in [0.2, 0.25) is 0 Å². The smallest absolute Gasteiger partial charge is 0.274 e. The maximum absolute atomic E-state index is 12.3. The highest BCUT2D eigenvalue weighted by molar-refractivity contribution is 7.87. The highest BCUT2D eigenvalue weighted by atomic mass is 32.2. The molecule has 0 rings (SSSR count). The van der Waals surface area contributed by atoms with Gasteiger partial charge in [0.2, 0.25) is 0 Å². The van der Waals surface area contributed by atoms with Crippen LogP contribution in [0.4, 0.5) is 0 Å². The molecule has 3 unspecified atom stereocenters. The first kappa shape index (κ1) is 81.0. The van der Waals surface area contributed by atoms with Gasteiger partial charge in [-0.05, 0) is 127 Å². The van der Waals surface area contributed by atoms with Gasteiger partial charge in [0, 0.05) is 11.4 Å². The zero-order valence-electron chi connectivity index (χ0n) is 54.8. The molecule has 1 N–H and O–H groups in total. The van der Waals surface area contributed by atoms with E-state index in [9.17, 15) is 32.8 Å². The largest absolute Gasteiger partial charge is 0.549 e. The molecule has 78 heavy (non-hydrogen) atoms. The molecule has 0 spiro atoms. The second-order valence-electron chi connectivity index (χ2n) is 24.9. The molecule has 0 aliphatic carbocycles. The Balaban J connectivity index is -0.00000108. The summed E-state index contributed by atoms with van der Waals surface area (Å²) < 4.78 is 36.4. The Morgan fingerprint density at radius 2 is 0.564 bits per heavy atom. The fourth-order valence-corrected chi connectivity index (χ4v) is 13.6. The van der Waals surface area contributed by atoms with Crippen molar-refractivity contribution < 1.29 is 41.7 Å².